The summed E-state index contributed by atoms with van der Waals surface area (Å²) < 4.78 is 0. The molecule has 0 radical (unpaired) electrons. The highest BCUT2D eigenvalue weighted by Gasteiger charge is 2.41. The lowest BCUT2D eigenvalue weighted by atomic mass is 9.66. The van der Waals surface area contributed by atoms with Crippen molar-refractivity contribution in [2.45, 2.75) is 37.0 Å². The highest BCUT2D eigenvalue weighted by Crippen LogP contribution is 2.49. The van der Waals surface area contributed by atoms with E-state index in [9.17, 15) is 0 Å². The number of rotatable bonds is 1. The van der Waals surface area contributed by atoms with Gasteiger partial charge in [0.05, 0.1) is 5.69 Å². The topological polar surface area (TPSA) is 64.2 Å². The summed E-state index contributed by atoms with van der Waals surface area (Å²) in [5.74, 6) is 0.828. The van der Waals surface area contributed by atoms with E-state index < -0.39 is 0 Å². The summed E-state index contributed by atoms with van der Waals surface area (Å²) in [7, 11) is 0. The molecule has 2 unspecified atom stereocenters. The number of nitrogens with two attached hydrogens (primary N) is 1. The molecule has 4 nitrogen and oxygen atoms in total. The summed E-state index contributed by atoms with van der Waals surface area (Å²) in [5.41, 5.74) is 9.40. The fraction of sp³-hybridized carbons (Fsp3) is 0.353. The average molecular weight is 278 g/mol. The second-order valence-electron chi connectivity index (χ2n) is 6.10. The number of benzene rings is 1. The largest absolute Gasteiger partial charge is 0.368 e. The van der Waals surface area contributed by atoms with Gasteiger partial charge in [0.25, 0.3) is 0 Å². The minimum absolute atomic E-state index is 0.0981. The number of nitrogens with zero attached hydrogens (tertiary/aromatic N) is 3. The fourth-order valence-electron chi connectivity index (χ4n) is 3.78. The van der Waals surface area contributed by atoms with Crippen LogP contribution in [-0.2, 0) is 5.41 Å². The van der Waals surface area contributed by atoms with Gasteiger partial charge in [-0.05, 0) is 42.4 Å². The normalized spacial score (nSPS) is 27.0. The van der Waals surface area contributed by atoms with Crippen LogP contribution in [-0.4, -0.2) is 16.2 Å². The van der Waals surface area contributed by atoms with Crippen LogP contribution in [0, 0.1) is 0 Å². The first-order chi connectivity index (χ1) is 10.3. The molecule has 1 spiro atoms. The van der Waals surface area contributed by atoms with Crippen LogP contribution < -0.4 is 5.73 Å². The third-order valence-electron chi connectivity index (χ3n) is 4.84. The predicted octanol–water partition coefficient (Wildman–Crippen LogP) is 3.37. The van der Waals surface area contributed by atoms with Crippen LogP contribution in [0.4, 0.5) is 11.6 Å². The molecule has 1 aromatic carbocycles. The maximum Gasteiger partial charge on any atom is 0.219 e. The van der Waals surface area contributed by atoms with Gasteiger partial charge in [0.1, 0.15) is 0 Å². The molecular weight excluding hydrogens is 260 g/mol. The molecule has 2 heterocycles. The first-order valence-electron chi connectivity index (χ1n) is 7.49. The second-order valence-corrected chi connectivity index (χ2v) is 6.10. The van der Waals surface area contributed by atoms with Crippen LogP contribution in [0.15, 0.2) is 41.7 Å². The monoisotopic (exact) mass is 278 g/mol. The van der Waals surface area contributed by atoms with E-state index in [4.69, 9.17) is 5.73 Å². The van der Waals surface area contributed by atoms with Crippen molar-refractivity contribution >= 4 is 17.9 Å². The minimum atomic E-state index is 0.0981. The molecule has 2 aliphatic rings. The van der Waals surface area contributed by atoms with Crippen molar-refractivity contribution in [1.29, 1.82) is 0 Å². The van der Waals surface area contributed by atoms with Gasteiger partial charge in [0.15, 0.2) is 0 Å². The molecule has 0 saturated heterocycles. The molecule has 0 bridgehead atoms. The van der Waals surface area contributed by atoms with E-state index in [-0.39, 0.29) is 5.41 Å². The zero-order valence-corrected chi connectivity index (χ0v) is 11.9. The van der Waals surface area contributed by atoms with Crippen molar-refractivity contribution in [1.82, 2.24) is 9.97 Å². The van der Waals surface area contributed by atoms with Gasteiger partial charge in [-0.3, -0.25) is 4.99 Å². The Morgan fingerprint density at radius 2 is 1.95 bits per heavy atom. The van der Waals surface area contributed by atoms with Crippen LogP contribution >= 0.6 is 0 Å². The van der Waals surface area contributed by atoms with Crippen LogP contribution in [0.5, 0.6) is 0 Å². The van der Waals surface area contributed by atoms with Crippen molar-refractivity contribution in [3.05, 3.63) is 47.8 Å². The lowest BCUT2D eigenvalue weighted by molar-refractivity contribution is 0.348. The Labute approximate surface area is 124 Å². The summed E-state index contributed by atoms with van der Waals surface area (Å²) in [6.07, 6.45) is 10.6. The molecule has 21 heavy (non-hydrogen) atoms. The maximum atomic E-state index is 5.59. The van der Waals surface area contributed by atoms with Crippen molar-refractivity contribution in [2.24, 2.45) is 4.99 Å². The molecule has 1 aromatic heterocycles. The predicted molar refractivity (Wildman–Crippen MR) is 83.9 cm³/mol. The smallest absolute Gasteiger partial charge is 0.219 e. The molecule has 1 fully saturated rings. The Balaban J connectivity index is 1.68. The number of para-hydroxylation sites is 1. The highest BCUT2D eigenvalue weighted by molar-refractivity contribution is 5.85. The standard InChI is InChI=1S/C17H18N4/c18-16-19-9-13(10-20-16)12-4-3-7-17(8-12)11-21-15-6-2-1-5-14(15)17/h1-2,5-6,9-12H,3-4,7-8H2,(H2,18,19,20). The van der Waals surface area contributed by atoms with Gasteiger partial charge in [0, 0.05) is 24.0 Å². The molecule has 4 heteroatoms. The lowest BCUT2D eigenvalue weighted by Crippen LogP contribution is -2.32. The summed E-state index contributed by atoms with van der Waals surface area (Å²) in [6, 6.07) is 8.51. The number of aliphatic imine (C=N–C) groups is 1. The van der Waals surface area contributed by atoms with E-state index in [1.165, 1.54) is 30.4 Å². The SMILES string of the molecule is Nc1ncc(C2CCCC3(C=Nc4ccccc43)C2)cn1. The van der Waals surface area contributed by atoms with Gasteiger partial charge in [-0.2, -0.15) is 0 Å². The summed E-state index contributed by atoms with van der Waals surface area (Å²) >= 11 is 0. The van der Waals surface area contributed by atoms with Gasteiger partial charge in [-0.1, -0.05) is 24.6 Å². The highest BCUT2D eigenvalue weighted by atomic mass is 15.0. The minimum Gasteiger partial charge on any atom is -0.368 e. The van der Waals surface area contributed by atoms with Crippen LogP contribution in [0.2, 0.25) is 0 Å². The first-order valence-corrected chi connectivity index (χ1v) is 7.49. The number of nitrogen functional groups attached to an aromatic ring is 1. The summed E-state index contributed by atoms with van der Waals surface area (Å²) in [6.45, 7) is 0. The zero-order valence-electron chi connectivity index (χ0n) is 11.9. The van der Waals surface area contributed by atoms with Crippen LogP contribution in [0.3, 0.4) is 0 Å². The number of hydrogen-bond donors (Lipinski definition) is 1. The molecule has 106 valence electrons. The van der Waals surface area contributed by atoms with E-state index in [2.05, 4.69) is 45.4 Å². The Morgan fingerprint density at radius 3 is 2.81 bits per heavy atom. The van der Waals surface area contributed by atoms with Gasteiger partial charge in [-0.25, -0.2) is 9.97 Å². The van der Waals surface area contributed by atoms with Gasteiger partial charge < -0.3 is 5.73 Å². The maximum absolute atomic E-state index is 5.59. The molecule has 0 amide bonds. The molecule has 1 aliphatic heterocycles. The third-order valence-corrected chi connectivity index (χ3v) is 4.84. The fourth-order valence-corrected chi connectivity index (χ4v) is 3.78. The summed E-state index contributed by atoms with van der Waals surface area (Å²) in [5, 5.41) is 0. The number of hydrogen-bond acceptors (Lipinski definition) is 4. The molecule has 4 rings (SSSR count). The molecule has 2 aromatic rings. The Kier molecular flexibility index (Phi) is 2.77. The number of anilines is 1. The van der Waals surface area contributed by atoms with Gasteiger partial charge in [-0.15, -0.1) is 0 Å². The van der Waals surface area contributed by atoms with E-state index in [1.54, 1.807) is 0 Å². The second kappa shape index (κ2) is 4.65. The third kappa shape index (κ3) is 2.02. The Morgan fingerprint density at radius 1 is 1.14 bits per heavy atom. The number of aromatic nitrogens is 2. The van der Waals surface area contributed by atoms with Gasteiger partial charge >= 0.3 is 0 Å². The quantitative estimate of drug-likeness (QED) is 0.869. The number of fused-ring (bicyclic) bond motifs is 2. The van der Waals surface area contributed by atoms with E-state index >= 15 is 0 Å². The molecular formula is C17H18N4. The summed E-state index contributed by atoms with van der Waals surface area (Å²) in [4.78, 5) is 12.9. The zero-order chi connectivity index (χ0) is 14.3. The first kappa shape index (κ1) is 12.5. The van der Waals surface area contributed by atoms with Crippen LogP contribution in [0.1, 0.15) is 42.7 Å². The molecule has 2 atom stereocenters. The van der Waals surface area contributed by atoms with Crippen molar-refractivity contribution in [3.63, 3.8) is 0 Å². The van der Waals surface area contributed by atoms with E-state index in [1.807, 2.05) is 12.4 Å². The Bertz CT molecular complexity index is 692. The average Bonchev–Trinajstić information content (AvgIpc) is 2.87. The van der Waals surface area contributed by atoms with E-state index in [0.29, 0.717) is 11.9 Å². The van der Waals surface area contributed by atoms with Crippen molar-refractivity contribution in [3.8, 4) is 0 Å². The van der Waals surface area contributed by atoms with Crippen LogP contribution in [0.25, 0.3) is 0 Å². The lowest BCUT2D eigenvalue weighted by Gasteiger charge is -2.37. The Hall–Kier alpha value is -2.23. The molecule has 1 saturated carbocycles. The van der Waals surface area contributed by atoms with Gasteiger partial charge in [0.2, 0.25) is 5.95 Å². The van der Waals surface area contributed by atoms with Crippen molar-refractivity contribution < 1.29 is 0 Å². The molecule has 1 aliphatic carbocycles. The van der Waals surface area contributed by atoms with E-state index in [0.717, 1.165) is 12.1 Å². The molecule has 2 N–H and O–H groups in total. The van der Waals surface area contributed by atoms with Crippen molar-refractivity contribution in [2.75, 3.05) is 5.73 Å².